The van der Waals surface area contributed by atoms with Gasteiger partial charge in [-0.25, -0.2) is 0 Å². The first kappa shape index (κ1) is 13.3. The summed E-state index contributed by atoms with van der Waals surface area (Å²) < 4.78 is 0. The van der Waals surface area contributed by atoms with Gasteiger partial charge in [0.05, 0.1) is 5.41 Å². The van der Waals surface area contributed by atoms with Crippen molar-refractivity contribution in [3.8, 4) is 0 Å². The van der Waals surface area contributed by atoms with Crippen molar-refractivity contribution in [1.82, 2.24) is 4.90 Å². The summed E-state index contributed by atoms with van der Waals surface area (Å²) >= 11 is 0. The number of carbonyl (C=O) groups is 2. The first-order valence-corrected chi connectivity index (χ1v) is 6.70. The molecule has 2 rings (SSSR count). The monoisotopic (exact) mass is 254 g/mol. The number of carboxylic acid groups (broad SMARTS) is 1. The minimum atomic E-state index is -0.802. The van der Waals surface area contributed by atoms with E-state index < -0.39 is 11.4 Å². The standard InChI is InChI=1S/C13H22N2O3/c1-13(12(17)18)6-7-15(8-13)11(16)9-2-4-10(14)5-3-9/h9-10H,2-8,14H2,1H3,(H,17,18). The van der Waals surface area contributed by atoms with Crippen molar-refractivity contribution in [2.45, 2.75) is 45.1 Å². The number of carbonyl (C=O) groups excluding carboxylic acids is 1. The van der Waals surface area contributed by atoms with Crippen LogP contribution in [0.2, 0.25) is 0 Å². The van der Waals surface area contributed by atoms with E-state index in [2.05, 4.69) is 0 Å². The molecule has 0 spiro atoms. The van der Waals surface area contributed by atoms with Gasteiger partial charge in [-0.2, -0.15) is 0 Å². The number of hydrogen-bond acceptors (Lipinski definition) is 3. The van der Waals surface area contributed by atoms with Gasteiger partial charge in [0, 0.05) is 25.0 Å². The Bertz CT molecular complexity index is 350. The number of carboxylic acids is 1. The number of hydrogen-bond donors (Lipinski definition) is 2. The summed E-state index contributed by atoms with van der Waals surface area (Å²) in [4.78, 5) is 25.2. The van der Waals surface area contributed by atoms with Gasteiger partial charge >= 0.3 is 5.97 Å². The summed E-state index contributed by atoms with van der Waals surface area (Å²) in [5.74, 6) is -0.615. The predicted octanol–water partition coefficient (Wildman–Crippen LogP) is 0.827. The van der Waals surface area contributed by atoms with E-state index in [1.165, 1.54) is 0 Å². The summed E-state index contributed by atoms with van der Waals surface area (Å²) in [5, 5.41) is 9.16. The normalized spacial score (nSPS) is 36.7. The van der Waals surface area contributed by atoms with Gasteiger partial charge in [-0.1, -0.05) is 0 Å². The molecule has 5 nitrogen and oxygen atoms in total. The third kappa shape index (κ3) is 2.51. The lowest BCUT2D eigenvalue weighted by atomic mass is 9.85. The average Bonchev–Trinajstić information content (AvgIpc) is 2.73. The molecule has 0 bridgehead atoms. The molecule has 5 heteroatoms. The van der Waals surface area contributed by atoms with Gasteiger partial charge < -0.3 is 15.7 Å². The predicted molar refractivity (Wildman–Crippen MR) is 66.9 cm³/mol. The molecule has 2 aliphatic rings. The number of nitrogens with zero attached hydrogens (tertiary/aromatic N) is 1. The highest BCUT2D eigenvalue weighted by atomic mass is 16.4. The average molecular weight is 254 g/mol. The quantitative estimate of drug-likeness (QED) is 0.764. The van der Waals surface area contributed by atoms with Gasteiger partial charge in [0.15, 0.2) is 0 Å². The Hall–Kier alpha value is -1.10. The van der Waals surface area contributed by atoms with Crippen molar-refractivity contribution in [2.75, 3.05) is 13.1 Å². The van der Waals surface area contributed by atoms with Gasteiger partial charge in [-0.05, 0) is 39.0 Å². The zero-order chi connectivity index (χ0) is 13.3. The molecule has 1 aliphatic heterocycles. The van der Waals surface area contributed by atoms with Crippen LogP contribution in [0.15, 0.2) is 0 Å². The molecule has 2 fully saturated rings. The fourth-order valence-corrected chi connectivity index (χ4v) is 2.95. The molecule has 1 amide bonds. The fraction of sp³-hybridized carbons (Fsp3) is 0.846. The minimum absolute atomic E-state index is 0.0564. The van der Waals surface area contributed by atoms with Crippen molar-refractivity contribution in [2.24, 2.45) is 17.1 Å². The lowest BCUT2D eigenvalue weighted by Gasteiger charge is -2.29. The van der Waals surface area contributed by atoms with E-state index >= 15 is 0 Å². The van der Waals surface area contributed by atoms with E-state index in [4.69, 9.17) is 10.8 Å². The molecule has 0 aromatic rings. The van der Waals surface area contributed by atoms with Crippen LogP contribution in [0.5, 0.6) is 0 Å². The largest absolute Gasteiger partial charge is 0.481 e. The number of nitrogens with two attached hydrogens (primary N) is 1. The highest BCUT2D eigenvalue weighted by Gasteiger charge is 2.43. The van der Waals surface area contributed by atoms with E-state index in [0.29, 0.717) is 19.5 Å². The molecule has 18 heavy (non-hydrogen) atoms. The van der Waals surface area contributed by atoms with Gasteiger partial charge in [0.2, 0.25) is 5.91 Å². The Balaban J connectivity index is 1.93. The summed E-state index contributed by atoms with van der Waals surface area (Å²) in [7, 11) is 0. The second kappa shape index (κ2) is 4.88. The summed E-state index contributed by atoms with van der Waals surface area (Å²) in [5.41, 5.74) is 5.07. The van der Waals surface area contributed by atoms with Crippen molar-refractivity contribution in [3.63, 3.8) is 0 Å². The molecule has 1 saturated carbocycles. The maximum atomic E-state index is 12.3. The Morgan fingerprint density at radius 2 is 1.89 bits per heavy atom. The number of rotatable bonds is 2. The fourth-order valence-electron chi connectivity index (χ4n) is 2.95. The topological polar surface area (TPSA) is 83.6 Å². The molecule has 1 atom stereocenters. The van der Waals surface area contributed by atoms with Crippen LogP contribution in [0, 0.1) is 11.3 Å². The molecule has 1 aliphatic carbocycles. The maximum absolute atomic E-state index is 12.3. The van der Waals surface area contributed by atoms with E-state index in [0.717, 1.165) is 25.7 Å². The first-order valence-electron chi connectivity index (χ1n) is 6.70. The zero-order valence-corrected chi connectivity index (χ0v) is 10.9. The van der Waals surface area contributed by atoms with Crippen LogP contribution in [0.3, 0.4) is 0 Å². The lowest BCUT2D eigenvalue weighted by molar-refractivity contribution is -0.147. The smallest absolute Gasteiger partial charge is 0.311 e. The van der Waals surface area contributed by atoms with E-state index in [-0.39, 0.29) is 17.9 Å². The van der Waals surface area contributed by atoms with E-state index in [1.54, 1.807) is 11.8 Å². The SMILES string of the molecule is CC1(C(=O)O)CCN(C(=O)C2CCC(N)CC2)C1. The second-order valence-electron chi connectivity index (χ2n) is 5.99. The molecule has 0 aromatic carbocycles. The van der Waals surface area contributed by atoms with Gasteiger partial charge in [0.25, 0.3) is 0 Å². The van der Waals surface area contributed by atoms with Crippen LogP contribution in [0.1, 0.15) is 39.0 Å². The van der Waals surface area contributed by atoms with Crippen LogP contribution in [-0.2, 0) is 9.59 Å². The number of amides is 1. The third-order valence-electron chi connectivity index (χ3n) is 4.42. The van der Waals surface area contributed by atoms with Crippen LogP contribution in [-0.4, -0.2) is 41.0 Å². The van der Waals surface area contributed by atoms with Crippen molar-refractivity contribution in [3.05, 3.63) is 0 Å². The number of likely N-dealkylation sites (tertiary alicyclic amines) is 1. The van der Waals surface area contributed by atoms with E-state index in [9.17, 15) is 9.59 Å². The van der Waals surface area contributed by atoms with E-state index in [1.807, 2.05) is 0 Å². The summed E-state index contributed by atoms with van der Waals surface area (Å²) in [6.07, 6.45) is 4.06. The minimum Gasteiger partial charge on any atom is -0.481 e. The molecule has 1 saturated heterocycles. The Morgan fingerprint density at radius 3 is 2.39 bits per heavy atom. The van der Waals surface area contributed by atoms with Crippen LogP contribution in [0.4, 0.5) is 0 Å². The van der Waals surface area contributed by atoms with Crippen LogP contribution in [0.25, 0.3) is 0 Å². The molecule has 3 N–H and O–H groups in total. The Kier molecular flexibility index (Phi) is 3.61. The third-order valence-corrected chi connectivity index (χ3v) is 4.42. The highest BCUT2D eigenvalue weighted by molar-refractivity contribution is 5.82. The first-order chi connectivity index (χ1) is 8.42. The van der Waals surface area contributed by atoms with Crippen molar-refractivity contribution >= 4 is 11.9 Å². The molecule has 1 unspecified atom stereocenters. The van der Waals surface area contributed by atoms with Crippen LogP contribution >= 0.6 is 0 Å². The van der Waals surface area contributed by atoms with Gasteiger partial charge in [0.1, 0.15) is 0 Å². The molecular formula is C13H22N2O3. The second-order valence-corrected chi connectivity index (χ2v) is 5.99. The maximum Gasteiger partial charge on any atom is 0.311 e. The molecule has 1 heterocycles. The number of aliphatic carboxylic acids is 1. The molecular weight excluding hydrogens is 232 g/mol. The summed E-state index contributed by atoms with van der Waals surface area (Å²) in [6.45, 7) is 2.65. The molecule has 102 valence electrons. The molecule has 0 radical (unpaired) electrons. The summed E-state index contributed by atoms with van der Waals surface area (Å²) in [6, 6.07) is 0.233. The molecule has 0 aromatic heterocycles. The Morgan fingerprint density at radius 1 is 1.28 bits per heavy atom. The lowest BCUT2D eigenvalue weighted by Crippen LogP contribution is -2.40. The zero-order valence-electron chi connectivity index (χ0n) is 10.9. The van der Waals surface area contributed by atoms with Crippen molar-refractivity contribution < 1.29 is 14.7 Å². The van der Waals surface area contributed by atoms with Gasteiger partial charge in [-0.15, -0.1) is 0 Å². The highest BCUT2D eigenvalue weighted by Crippen LogP contribution is 2.33. The van der Waals surface area contributed by atoms with Crippen molar-refractivity contribution in [1.29, 1.82) is 0 Å². The van der Waals surface area contributed by atoms with Gasteiger partial charge in [-0.3, -0.25) is 9.59 Å². The Labute approximate surface area is 107 Å². The van der Waals surface area contributed by atoms with Crippen LogP contribution < -0.4 is 5.73 Å².